The van der Waals surface area contributed by atoms with Crippen LogP contribution >= 0.6 is 11.8 Å². The molecule has 1 aliphatic heterocycles. The summed E-state index contributed by atoms with van der Waals surface area (Å²) in [5, 5.41) is 12.3. The highest BCUT2D eigenvalue weighted by Gasteiger charge is 2.32. The van der Waals surface area contributed by atoms with Gasteiger partial charge in [0.1, 0.15) is 0 Å². The van der Waals surface area contributed by atoms with Gasteiger partial charge in [-0.3, -0.25) is 4.79 Å². The summed E-state index contributed by atoms with van der Waals surface area (Å²) in [4.78, 5) is 12.5. The van der Waals surface area contributed by atoms with Crippen LogP contribution in [-0.2, 0) is 27.4 Å². The lowest BCUT2D eigenvalue weighted by atomic mass is 9.99. The van der Waals surface area contributed by atoms with Crippen LogP contribution in [-0.4, -0.2) is 22.9 Å². The van der Waals surface area contributed by atoms with Crippen molar-refractivity contribution < 1.29 is 19.4 Å². The first kappa shape index (κ1) is 27.2. The van der Waals surface area contributed by atoms with Gasteiger partial charge in [-0.15, -0.1) is 11.8 Å². The summed E-state index contributed by atoms with van der Waals surface area (Å²) >= 11 is 1.79. The van der Waals surface area contributed by atoms with E-state index in [9.17, 15) is 9.90 Å². The Morgan fingerprint density at radius 3 is 2.31 bits per heavy atom. The minimum atomic E-state index is -0.484. The molecule has 1 aliphatic rings. The number of carbonyl (C=O) groups excluding carboxylic acids is 1. The first-order chi connectivity index (χ1) is 19.1. The maximum atomic E-state index is 11.3. The summed E-state index contributed by atoms with van der Waals surface area (Å²) in [5.41, 5.74) is 6.18. The van der Waals surface area contributed by atoms with Crippen LogP contribution < -0.4 is 5.32 Å². The van der Waals surface area contributed by atoms with E-state index in [1.807, 2.05) is 42.5 Å². The van der Waals surface area contributed by atoms with Crippen LogP contribution in [0.1, 0.15) is 48.0 Å². The molecule has 0 radical (unpaired) electrons. The van der Waals surface area contributed by atoms with Crippen LogP contribution in [0.25, 0.3) is 11.1 Å². The fourth-order valence-corrected chi connectivity index (χ4v) is 5.59. The Morgan fingerprint density at radius 2 is 1.59 bits per heavy atom. The molecule has 1 amide bonds. The molecule has 3 atom stereocenters. The second-order valence-electron chi connectivity index (χ2n) is 9.71. The molecule has 2 N–H and O–H groups in total. The Morgan fingerprint density at radius 1 is 0.846 bits per heavy atom. The molecule has 1 fully saturated rings. The molecule has 3 unspecified atom stereocenters. The number of benzene rings is 4. The van der Waals surface area contributed by atoms with Crippen LogP contribution in [0, 0.1) is 0 Å². The van der Waals surface area contributed by atoms with E-state index in [1.54, 1.807) is 11.8 Å². The lowest BCUT2D eigenvalue weighted by Gasteiger charge is -2.36. The van der Waals surface area contributed by atoms with Gasteiger partial charge in [0.05, 0.1) is 18.8 Å². The highest BCUT2D eigenvalue weighted by atomic mass is 32.2. The second-order valence-corrected chi connectivity index (χ2v) is 10.8. The Hall–Kier alpha value is -3.42. The average Bonchev–Trinajstić information content (AvgIpc) is 2.99. The number of carbonyl (C=O) groups is 1. The van der Waals surface area contributed by atoms with Crippen LogP contribution in [0.3, 0.4) is 0 Å². The van der Waals surface area contributed by atoms with E-state index in [4.69, 9.17) is 9.47 Å². The monoisotopic (exact) mass is 539 g/mol. The van der Waals surface area contributed by atoms with E-state index < -0.39 is 6.29 Å². The van der Waals surface area contributed by atoms with Crippen molar-refractivity contribution in [2.75, 3.05) is 5.75 Å². The largest absolute Gasteiger partial charge is 0.392 e. The highest BCUT2D eigenvalue weighted by molar-refractivity contribution is 7.99. The van der Waals surface area contributed by atoms with Gasteiger partial charge in [0.2, 0.25) is 5.91 Å². The normalized spacial score (nSPS) is 19.0. The van der Waals surface area contributed by atoms with Gasteiger partial charge >= 0.3 is 0 Å². The summed E-state index contributed by atoms with van der Waals surface area (Å²) in [6.45, 7) is 2.06. The molecule has 0 aliphatic carbocycles. The topological polar surface area (TPSA) is 67.8 Å². The molecule has 1 heterocycles. The maximum Gasteiger partial charge on any atom is 0.217 e. The smallest absolute Gasteiger partial charge is 0.217 e. The number of hydrogen-bond acceptors (Lipinski definition) is 5. The number of aliphatic hydroxyl groups excluding tert-OH is 1. The summed E-state index contributed by atoms with van der Waals surface area (Å²) in [5.74, 6) is 0.786. The number of ether oxygens (including phenoxy) is 2. The Labute approximate surface area is 234 Å². The SMILES string of the molecule is CC(=O)NCc1cccc(-c2ccc(C3OC(CSc4ccccc4)CC(c4ccc(CO)cc4)O3)cc2)c1. The van der Waals surface area contributed by atoms with E-state index >= 15 is 0 Å². The number of aliphatic hydroxyl groups is 1. The molecule has 5 rings (SSSR count). The van der Waals surface area contributed by atoms with Crippen molar-refractivity contribution >= 4 is 17.7 Å². The highest BCUT2D eigenvalue weighted by Crippen LogP contribution is 2.39. The predicted molar refractivity (Wildman–Crippen MR) is 155 cm³/mol. The average molecular weight is 540 g/mol. The standard InChI is InChI=1S/C33H33NO4S/c1-23(36)34-20-25-6-5-7-29(18-25)26-14-16-28(17-15-26)33-37-30(22-39-31-8-3-2-4-9-31)19-32(38-33)27-12-10-24(21-35)11-13-27/h2-18,30,32-33,35H,19-22H2,1H3,(H,34,36). The van der Waals surface area contributed by atoms with Crippen LogP contribution in [0.5, 0.6) is 0 Å². The molecule has 5 nitrogen and oxygen atoms in total. The van der Waals surface area contributed by atoms with Crippen molar-refractivity contribution in [3.63, 3.8) is 0 Å². The van der Waals surface area contributed by atoms with Gasteiger partial charge in [0.15, 0.2) is 6.29 Å². The minimum absolute atomic E-state index is 0.0154. The van der Waals surface area contributed by atoms with Crippen molar-refractivity contribution in [2.24, 2.45) is 0 Å². The van der Waals surface area contributed by atoms with Gasteiger partial charge < -0.3 is 19.9 Å². The summed E-state index contributed by atoms with van der Waals surface area (Å²) in [6.07, 6.45) is 0.181. The third-order valence-corrected chi connectivity index (χ3v) is 7.92. The van der Waals surface area contributed by atoms with Gasteiger partial charge in [-0.05, 0) is 46.0 Å². The molecule has 0 aromatic heterocycles. The Balaban J connectivity index is 1.33. The van der Waals surface area contributed by atoms with Crippen molar-refractivity contribution in [1.82, 2.24) is 5.32 Å². The number of rotatable bonds is 9. The van der Waals surface area contributed by atoms with E-state index in [0.29, 0.717) is 6.54 Å². The second kappa shape index (κ2) is 13.1. The fraction of sp³-hybridized carbons (Fsp3) is 0.242. The zero-order valence-electron chi connectivity index (χ0n) is 22.0. The van der Waals surface area contributed by atoms with E-state index in [2.05, 4.69) is 66.0 Å². The lowest BCUT2D eigenvalue weighted by Crippen LogP contribution is -2.31. The Bertz CT molecular complexity index is 1360. The maximum absolute atomic E-state index is 11.3. The zero-order chi connectivity index (χ0) is 27.0. The predicted octanol–water partition coefficient (Wildman–Crippen LogP) is 6.82. The number of hydrogen-bond donors (Lipinski definition) is 2. The molecule has 200 valence electrons. The van der Waals surface area contributed by atoms with Gasteiger partial charge in [0, 0.05) is 36.1 Å². The van der Waals surface area contributed by atoms with E-state index in [1.165, 1.54) is 11.8 Å². The van der Waals surface area contributed by atoms with Crippen LogP contribution in [0.15, 0.2) is 108 Å². The van der Waals surface area contributed by atoms with Gasteiger partial charge in [-0.2, -0.15) is 0 Å². The molecule has 0 saturated carbocycles. The quantitative estimate of drug-likeness (QED) is 0.229. The van der Waals surface area contributed by atoms with Crippen molar-refractivity contribution in [3.05, 3.63) is 125 Å². The molecular weight excluding hydrogens is 506 g/mol. The molecule has 0 spiro atoms. The summed E-state index contributed by atoms with van der Waals surface area (Å²) < 4.78 is 13.0. The van der Waals surface area contributed by atoms with Crippen molar-refractivity contribution in [2.45, 2.75) is 49.9 Å². The van der Waals surface area contributed by atoms with Crippen molar-refractivity contribution in [1.29, 1.82) is 0 Å². The molecular formula is C33H33NO4S. The molecule has 6 heteroatoms. The molecule has 39 heavy (non-hydrogen) atoms. The fourth-order valence-electron chi connectivity index (χ4n) is 4.65. The molecule has 1 saturated heterocycles. The molecule has 4 aromatic rings. The van der Waals surface area contributed by atoms with Gasteiger partial charge in [-0.25, -0.2) is 0 Å². The lowest BCUT2D eigenvalue weighted by molar-refractivity contribution is -0.245. The van der Waals surface area contributed by atoms with Crippen molar-refractivity contribution in [3.8, 4) is 11.1 Å². The summed E-state index contributed by atoms with van der Waals surface area (Å²) in [6, 6.07) is 34.9. The van der Waals surface area contributed by atoms with E-state index in [0.717, 1.165) is 45.6 Å². The third-order valence-electron chi connectivity index (χ3n) is 6.78. The first-order valence-corrected chi connectivity index (χ1v) is 14.2. The minimum Gasteiger partial charge on any atom is -0.392 e. The molecule has 4 aromatic carbocycles. The van der Waals surface area contributed by atoms with Gasteiger partial charge in [-0.1, -0.05) is 84.9 Å². The first-order valence-electron chi connectivity index (χ1n) is 13.2. The molecule has 0 bridgehead atoms. The number of thioether (sulfide) groups is 1. The summed E-state index contributed by atoms with van der Waals surface area (Å²) in [7, 11) is 0. The number of amides is 1. The zero-order valence-corrected chi connectivity index (χ0v) is 22.8. The number of nitrogens with one attached hydrogen (secondary N) is 1. The van der Waals surface area contributed by atoms with Gasteiger partial charge in [0.25, 0.3) is 0 Å². The van der Waals surface area contributed by atoms with Crippen LogP contribution in [0.4, 0.5) is 0 Å². The van der Waals surface area contributed by atoms with Crippen LogP contribution in [0.2, 0.25) is 0 Å². The third kappa shape index (κ3) is 7.37. The van der Waals surface area contributed by atoms with E-state index in [-0.39, 0.29) is 24.7 Å². The Kier molecular flexibility index (Phi) is 9.12.